The Morgan fingerprint density at radius 2 is 1.79 bits per heavy atom. The molecule has 0 spiro atoms. The Labute approximate surface area is 164 Å². The number of benzene rings is 2. The zero-order valence-electron chi connectivity index (χ0n) is 15.5. The van der Waals surface area contributed by atoms with Crippen LogP contribution in [0.3, 0.4) is 0 Å². The third kappa shape index (κ3) is 6.27. The van der Waals surface area contributed by atoms with Crippen molar-refractivity contribution in [3.63, 3.8) is 0 Å². The molecule has 2 aromatic carbocycles. The number of aromatic hydroxyl groups is 1. The average Bonchev–Trinajstić information content (AvgIpc) is 2.67. The number of phenols is 1. The summed E-state index contributed by atoms with van der Waals surface area (Å²) in [6.45, 7) is 1.33. The van der Waals surface area contributed by atoms with Crippen molar-refractivity contribution in [1.82, 2.24) is 0 Å². The van der Waals surface area contributed by atoms with Gasteiger partial charge in [-0.3, -0.25) is 4.79 Å². The fourth-order valence-corrected chi connectivity index (χ4v) is 2.22. The molecular formula is C20H18F3NO5. The first-order valence-electron chi connectivity index (χ1n) is 8.34. The monoisotopic (exact) mass is 409 g/mol. The molecule has 0 heterocycles. The maximum atomic E-state index is 12.5. The number of carbonyl (C=O) groups is 2. The molecule has 154 valence electrons. The van der Waals surface area contributed by atoms with Gasteiger partial charge in [-0.25, -0.2) is 4.79 Å². The molecule has 0 fully saturated rings. The van der Waals surface area contributed by atoms with Gasteiger partial charge in [0.2, 0.25) is 0 Å². The van der Waals surface area contributed by atoms with Gasteiger partial charge in [-0.1, -0.05) is 6.07 Å². The molecule has 0 saturated heterocycles. The van der Waals surface area contributed by atoms with E-state index < -0.39 is 29.7 Å². The molecule has 0 aliphatic rings. The van der Waals surface area contributed by atoms with E-state index in [0.717, 1.165) is 30.3 Å². The summed E-state index contributed by atoms with van der Waals surface area (Å²) in [5.74, 6) is -1.32. The Morgan fingerprint density at radius 1 is 1.14 bits per heavy atom. The van der Waals surface area contributed by atoms with Crippen molar-refractivity contribution in [3.05, 3.63) is 59.7 Å². The van der Waals surface area contributed by atoms with Crippen LogP contribution in [0.1, 0.15) is 18.1 Å². The van der Waals surface area contributed by atoms with Crippen molar-refractivity contribution in [2.24, 2.45) is 0 Å². The van der Waals surface area contributed by atoms with Gasteiger partial charge >= 0.3 is 12.1 Å². The standard InChI is InChI=1S/C20H18F3NO5/c1-12(19(27)24-15-7-5-14(6-8-15)20(21,22)23)29-18(26)10-4-13-3-9-16(25)17(11-13)28-2/h3-12,25H,1-2H3,(H,24,27)/b10-4+/t12-/m1/s1. The lowest BCUT2D eigenvalue weighted by Gasteiger charge is -2.13. The fourth-order valence-electron chi connectivity index (χ4n) is 2.22. The summed E-state index contributed by atoms with van der Waals surface area (Å²) in [5.41, 5.74) is -0.151. The van der Waals surface area contributed by atoms with E-state index in [-0.39, 0.29) is 17.2 Å². The van der Waals surface area contributed by atoms with Gasteiger partial charge in [0.25, 0.3) is 5.91 Å². The molecular weight excluding hydrogens is 391 g/mol. The van der Waals surface area contributed by atoms with Gasteiger partial charge in [-0.05, 0) is 55.0 Å². The number of anilines is 1. The molecule has 0 bridgehead atoms. The minimum Gasteiger partial charge on any atom is -0.504 e. The summed E-state index contributed by atoms with van der Waals surface area (Å²) < 4.78 is 47.5. The number of rotatable bonds is 6. The van der Waals surface area contributed by atoms with Gasteiger partial charge in [0.05, 0.1) is 12.7 Å². The third-order valence-corrected chi connectivity index (χ3v) is 3.76. The number of phenolic OH excluding ortho intramolecular Hbond substituents is 1. The lowest BCUT2D eigenvalue weighted by molar-refractivity contribution is -0.148. The number of methoxy groups -OCH3 is 1. The molecule has 0 saturated carbocycles. The highest BCUT2D eigenvalue weighted by molar-refractivity contribution is 5.96. The van der Waals surface area contributed by atoms with Crippen LogP contribution >= 0.6 is 0 Å². The lowest BCUT2D eigenvalue weighted by atomic mass is 10.2. The SMILES string of the molecule is COc1cc(/C=C/C(=O)O[C@H](C)C(=O)Nc2ccc(C(F)(F)F)cc2)ccc1O. The molecule has 29 heavy (non-hydrogen) atoms. The van der Waals surface area contributed by atoms with Gasteiger partial charge in [-0.15, -0.1) is 0 Å². The second-order valence-corrected chi connectivity index (χ2v) is 5.91. The number of esters is 1. The van der Waals surface area contributed by atoms with E-state index in [1.807, 2.05) is 0 Å². The van der Waals surface area contributed by atoms with Crippen molar-refractivity contribution in [2.45, 2.75) is 19.2 Å². The van der Waals surface area contributed by atoms with Crippen LogP contribution in [0.15, 0.2) is 48.5 Å². The first-order chi connectivity index (χ1) is 13.6. The lowest BCUT2D eigenvalue weighted by Crippen LogP contribution is -2.29. The summed E-state index contributed by atoms with van der Waals surface area (Å²) in [6.07, 6.45) is -3.15. The highest BCUT2D eigenvalue weighted by atomic mass is 19.4. The van der Waals surface area contributed by atoms with Gasteiger partial charge in [-0.2, -0.15) is 13.2 Å². The number of alkyl halides is 3. The Kier molecular flexibility index (Phi) is 6.87. The molecule has 0 aliphatic carbocycles. The molecule has 9 heteroatoms. The van der Waals surface area contributed by atoms with Crippen LogP contribution < -0.4 is 10.1 Å². The number of halogens is 3. The van der Waals surface area contributed by atoms with Crippen LogP contribution in [-0.4, -0.2) is 30.2 Å². The van der Waals surface area contributed by atoms with E-state index in [2.05, 4.69) is 5.32 Å². The molecule has 1 atom stereocenters. The smallest absolute Gasteiger partial charge is 0.416 e. The topological polar surface area (TPSA) is 84.9 Å². The average molecular weight is 409 g/mol. The van der Waals surface area contributed by atoms with Gasteiger partial charge in [0, 0.05) is 11.8 Å². The van der Waals surface area contributed by atoms with Gasteiger partial charge in [0.15, 0.2) is 17.6 Å². The summed E-state index contributed by atoms with van der Waals surface area (Å²) >= 11 is 0. The minimum absolute atomic E-state index is 0.0548. The molecule has 6 nitrogen and oxygen atoms in total. The van der Waals surface area contributed by atoms with Crippen molar-refractivity contribution in [2.75, 3.05) is 12.4 Å². The van der Waals surface area contributed by atoms with E-state index in [0.29, 0.717) is 5.56 Å². The summed E-state index contributed by atoms with van der Waals surface area (Å²) in [6, 6.07) is 8.31. The minimum atomic E-state index is -4.47. The first-order valence-corrected chi connectivity index (χ1v) is 8.34. The molecule has 0 aliphatic heterocycles. The molecule has 2 rings (SSSR count). The van der Waals surface area contributed by atoms with Crippen molar-refractivity contribution in [3.8, 4) is 11.5 Å². The molecule has 1 amide bonds. The van der Waals surface area contributed by atoms with Crippen LogP contribution in [0.25, 0.3) is 6.08 Å². The predicted molar refractivity (Wildman–Crippen MR) is 99.3 cm³/mol. The third-order valence-electron chi connectivity index (χ3n) is 3.76. The van der Waals surface area contributed by atoms with E-state index in [9.17, 15) is 27.9 Å². The number of hydrogen-bond donors (Lipinski definition) is 2. The maximum absolute atomic E-state index is 12.5. The number of ether oxygens (including phenoxy) is 2. The second-order valence-electron chi connectivity index (χ2n) is 5.91. The summed E-state index contributed by atoms with van der Waals surface area (Å²) in [5, 5.41) is 11.9. The highest BCUT2D eigenvalue weighted by Crippen LogP contribution is 2.30. The quantitative estimate of drug-likeness (QED) is 0.557. The number of carbonyl (C=O) groups excluding carboxylic acids is 2. The van der Waals surface area contributed by atoms with E-state index in [1.54, 1.807) is 6.07 Å². The second kappa shape index (κ2) is 9.13. The molecule has 2 aromatic rings. The maximum Gasteiger partial charge on any atom is 0.416 e. The number of nitrogens with one attached hydrogen (secondary N) is 1. The van der Waals surface area contributed by atoms with Crippen LogP contribution in [-0.2, 0) is 20.5 Å². The summed E-state index contributed by atoms with van der Waals surface area (Å²) in [7, 11) is 1.38. The van der Waals surface area contributed by atoms with Crippen LogP contribution in [0, 0.1) is 0 Å². The van der Waals surface area contributed by atoms with Crippen LogP contribution in [0.5, 0.6) is 11.5 Å². The Morgan fingerprint density at radius 3 is 2.38 bits per heavy atom. The zero-order valence-corrected chi connectivity index (χ0v) is 15.5. The van der Waals surface area contributed by atoms with E-state index in [1.165, 1.54) is 32.2 Å². The van der Waals surface area contributed by atoms with E-state index >= 15 is 0 Å². The molecule has 0 aromatic heterocycles. The Hall–Kier alpha value is -3.49. The predicted octanol–water partition coefficient (Wildman–Crippen LogP) is 4.00. The van der Waals surface area contributed by atoms with Crippen molar-refractivity contribution < 1.29 is 37.3 Å². The van der Waals surface area contributed by atoms with Crippen molar-refractivity contribution >= 4 is 23.6 Å². The Bertz CT molecular complexity index is 907. The summed E-state index contributed by atoms with van der Waals surface area (Å²) in [4.78, 5) is 23.9. The largest absolute Gasteiger partial charge is 0.504 e. The fraction of sp³-hybridized carbons (Fsp3) is 0.200. The van der Waals surface area contributed by atoms with Gasteiger partial charge < -0.3 is 19.9 Å². The van der Waals surface area contributed by atoms with Crippen molar-refractivity contribution in [1.29, 1.82) is 0 Å². The molecule has 2 N–H and O–H groups in total. The van der Waals surface area contributed by atoms with Crippen LogP contribution in [0.4, 0.5) is 18.9 Å². The van der Waals surface area contributed by atoms with Crippen LogP contribution in [0.2, 0.25) is 0 Å². The highest BCUT2D eigenvalue weighted by Gasteiger charge is 2.30. The van der Waals surface area contributed by atoms with E-state index in [4.69, 9.17) is 9.47 Å². The number of amides is 1. The number of hydrogen-bond acceptors (Lipinski definition) is 5. The normalized spacial score (nSPS) is 12.4. The zero-order chi connectivity index (χ0) is 21.6. The molecule has 0 radical (unpaired) electrons. The first kappa shape index (κ1) is 21.8. The molecule has 0 unspecified atom stereocenters. The Balaban J connectivity index is 1.92. The van der Waals surface area contributed by atoms with Gasteiger partial charge in [0.1, 0.15) is 0 Å².